The molecule has 0 amide bonds. The third-order valence-corrected chi connectivity index (χ3v) is 7.29. The maximum atomic E-state index is 12.9. The fraction of sp³-hybridized carbons (Fsp3) is 0.250. The van der Waals surface area contributed by atoms with Gasteiger partial charge in [-0.25, -0.2) is 0 Å². The summed E-state index contributed by atoms with van der Waals surface area (Å²) in [7, 11) is -7.81. The van der Waals surface area contributed by atoms with Gasteiger partial charge in [0.2, 0.25) is 0 Å². The molecular weight excluding hydrogens is 412 g/mol. The zero-order chi connectivity index (χ0) is 21.2. The van der Waals surface area contributed by atoms with Crippen molar-refractivity contribution in [1.29, 1.82) is 0 Å². The first-order chi connectivity index (χ1) is 13.6. The predicted molar refractivity (Wildman–Crippen MR) is 109 cm³/mol. The van der Waals surface area contributed by atoms with Gasteiger partial charge < -0.3 is 0 Å². The minimum absolute atomic E-state index is 0.0556. The number of aromatic nitrogens is 2. The third-order valence-electron chi connectivity index (χ3n) is 4.32. The molecule has 2 aromatic carbocycles. The van der Waals surface area contributed by atoms with Gasteiger partial charge in [-0.05, 0) is 51.1 Å². The van der Waals surface area contributed by atoms with Gasteiger partial charge in [0.15, 0.2) is 0 Å². The van der Waals surface area contributed by atoms with E-state index in [1.54, 1.807) is 37.3 Å². The Balaban J connectivity index is 1.79. The van der Waals surface area contributed by atoms with Crippen LogP contribution in [0.5, 0.6) is 0 Å². The Morgan fingerprint density at radius 3 is 1.90 bits per heavy atom. The van der Waals surface area contributed by atoms with E-state index in [4.69, 9.17) is 4.18 Å². The van der Waals surface area contributed by atoms with Crippen LogP contribution in [-0.2, 0) is 30.7 Å². The minimum Gasteiger partial charge on any atom is -0.266 e. The van der Waals surface area contributed by atoms with Crippen molar-refractivity contribution in [3.8, 4) is 0 Å². The number of nitrogens with zero attached hydrogens (tertiary/aromatic N) is 2. The van der Waals surface area contributed by atoms with Gasteiger partial charge in [0.1, 0.15) is 0 Å². The van der Waals surface area contributed by atoms with Crippen molar-refractivity contribution < 1.29 is 21.0 Å². The first kappa shape index (κ1) is 21.2. The van der Waals surface area contributed by atoms with Crippen LogP contribution in [0.4, 0.5) is 0 Å². The molecule has 1 heterocycles. The first-order valence-electron chi connectivity index (χ1n) is 8.93. The van der Waals surface area contributed by atoms with Crippen LogP contribution < -0.4 is 0 Å². The van der Waals surface area contributed by atoms with Crippen molar-refractivity contribution in [3.05, 3.63) is 77.1 Å². The second-order valence-electron chi connectivity index (χ2n) is 6.78. The van der Waals surface area contributed by atoms with Gasteiger partial charge >= 0.3 is 0 Å². The van der Waals surface area contributed by atoms with E-state index < -0.39 is 20.1 Å². The van der Waals surface area contributed by atoms with E-state index >= 15 is 0 Å². The lowest BCUT2D eigenvalue weighted by atomic mass is 10.2. The molecule has 0 spiro atoms. The van der Waals surface area contributed by atoms with Crippen molar-refractivity contribution in [2.45, 2.75) is 37.0 Å². The van der Waals surface area contributed by atoms with Crippen LogP contribution in [0.1, 0.15) is 22.5 Å². The van der Waals surface area contributed by atoms with Crippen molar-refractivity contribution >= 4 is 20.1 Å². The lowest BCUT2D eigenvalue weighted by molar-refractivity contribution is 0.320. The number of hydrogen-bond donors (Lipinski definition) is 0. The van der Waals surface area contributed by atoms with Crippen molar-refractivity contribution in [3.63, 3.8) is 0 Å². The fourth-order valence-electron chi connectivity index (χ4n) is 2.75. The van der Waals surface area contributed by atoms with E-state index in [0.717, 1.165) is 15.2 Å². The predicted octanol–water partition coefficient (Wildman–Crippen LogP) is 2.99. The Labute approximate surface area is 171 Å². The molecule has 0 radical (unpaired) electrons. The van der Waals surface area contributed by atoms with E-state index in [0.29, 0.717) is 11.4 Å². The molecular formula is C20H22N2O5S2. The van der Waals surface area contributed by atoms with Gasteiger partial charge in [-0.3, -0.25) is 4.18 Å². The Hall–Kier alpha value is -2.49. The molecule has 1 aromatic heterocycles. The average molecular weight is 435 g/mol. The smallest absolute Gasteiger partial charge is 0.266 e. The molecule has 3 aromatic rings. The Morgan fingerprint density at radius 1 is 0.828 bits per heavy atom. The summed E-state index contributed by atoms with van der Waals surface area (Å²) in [5.41, 5.74) is 2.74. The molecule has 154 valence electrons. The highest BCUT2D eigenvalue weighted by atomic mass is 32.2. The summed E-state index contributed by atoms with van der Waals surface area (Å²) in [6.07, 6.45) is 0.0665. The zero-order valence-electron chi connectivity index (χ0n) is 16.4. The number of benzene rings is 2. The second-order valence-corrected chi connectivity index (χ2v) is 10.2. The first-order valence-corrected chi connectivity index (χ1v) is 11.8. The van der Waals surface area contributed by atoms with Crippen LogP contribution in [-0.4, -0.2) is 32.6 Å². The van der Waals surface area contributed by atoms with E-state index in [2.05, 4.69) is 5.10 Å². The maximum Gasteiger partial charge on any atom is 0.296 e. The third kappa shape index (κ3) is 4.75. The standard InChI is InChI=1S/C20H22N2O5S2/c1-15-4-8-19(9-5-15)28(23,24)22-18(14-17(3)21-22)12-13-27-29(25,26)20-10-6-16(2)7-11-20/h4-11,14H,12-13H2,1-3H3. The lowest BCUT2D eigenvalue weighted by Gasteiger charge is -2.10. The molecule has 0 fully saturated rings. The topological polar surface area (TPSA) is 95.3 Å². The van der Waals surface area contributed by atoms with E-state index in [1.165, 1.54) is 24.3 Å². The van der Waals surface area contributed by atoms with Crippen LogP contribution in [0.3, 0.4) is 0 Å². The molecule has 0 N–H and O–H groups in total. The summed E-state index contributed by atoms with van der Waals surface area (Å²) in [4.78, 5) is 0.167. The van der Waals surface area contributed by atoms with Gasteiger partial charge in [0, 0.05) is 6.42 Å². The molecule has 0 saturated heterocycles. The Bertz CT molecular complexity index is 1210. The highest BCUT2D eigenvalue weighted by Gasteiger charge is 2.22. The Morgan fingerprint density at radius 2 is 1.34 bits per heavy atom. The summed E-state index contributed by atoms with van der Waals surface area (Å²) in [6.45, 7) is 5.19. The molecule has 0 aliphatic carbocycles. The summed E-state index contributed by atoms with van der Waals surface area (Å²) in [5, 5.41) is 4.09. The summed E-state index contributed by atoms with van der Waals surface area (Å²) in [5.74, 6) is 0. The van der Waals surface area contributed by atoms with Crippen LogP contribution in [0.2, 0.25) is 0 Å². The van der Waals surface area contributed by atoms with Gasteiger partial charge in [-0.2, -0.15) is 26.0 Å². The lowest BCUT2D eigenvalue weighted by Crippen LogP contribution is -2.19. The molecule has 9 heteroatoms. The molecule has 0 atom stereocenters. The molecule has 0 saturated carbocycles. The molecule has 29 heavy (non-hydrogen) atoms. The van der Waals surface area contributed by atoms with Crippen LogP contribution in [0.15, 0.2) is 64.4 Å². The normalized spacial score (nSPS) is 12.2. The molecule has 3 rings (SSSR count). The van der Waals surface area contributed by atoms with E-state index in [-0.39, 0.29) is 22.8 Å². The van der Waals surface area contributed by atoms with Crippen molar-refractivity contribution in [2.24, 2.45) is 0 Å². The molecule has 0 aliphatic rings. The zero-order valence-corrected chi connectivity index (χ0v) is 18.0. The summed E-state index contributed by atoms with van der Waals surface area (Å²) in [6, 6.07) is 14.4. The number of aryl methyl sites for hydroxylation is 3. The molecule has 0 aliphatic heterocycles. The minimum atomic E-state index is -3.92. The van der Waals surface area contributed by atoms with Crippen molar-refractivity contribution in [2.75, 3.05) is 6.61 Å². The van der Waals surface area contributed by atoms with Crippen LogP contribution in [0, 0.1) is 20.8 Å². The average Bonchev–Trinajstić information content (AvgIpc) is 3.04. The SMILES string of the molecule is Cc1ccc(S(=O)(=O)OCCc2cc(C)nn2S(=O)(=O)c2ccc(C)cc2)cc1. The number of rotatable bonds is 7. The van der Waals surface area contributed by atoms with Gasteiger partial charge in [0.05, 0.1) is 27.8 Å². The van der Waals surface area contributed by atoms with E-state index in [1.807, 2.05) is 13.8 Å². The molecule has 0 unspecified atom stereocenters. The van der Waals surface area contributed by atoms with Gasteiger partial charge in [-0.1, -0.05) is 35.4 Å². The second kappa shape index (κ2) is 8.10. The monoisotopic (exact) mass is 434 g/mol. The highest BCUT2D eigenvalue weighted by molar-refractivity contribution is 7.89. The summed E-state index contributed by atoms with van der Waals surface area (Å²) >= 11 is 0. The summed E-state index contributed by atoms with van der Waals surface area (Å²) < 4.78 is 56.5. The molecule has 7 nitrogen and oxygen atoms in total. The largest absolute Gasteiger partial charge is 0.296 e. The van der Waals surface area contributed by atoms with Crippen molar-refractivity contribution in [1.82, 2.24) is 9.19 Å². The van der Waals surface area contributed by atoms with Gasteiger partial charge in [-0.15, -0.1) is 0 Å². The fourth-order valence-corrected chi connectivity index (χ4v) is 5.02. The highest BCUT2D eigenvalue weighted by Crippen LogP contribution is 2.19. The van der Waals surface area contributed by atoms with Crippen LogP contribution >= 0.6 is 0 Å². The molecule has 0 bridgehead atoms. The van der Waals surface area contributed by atoms with E-state index in [9.17, 15) is 16.8 Å². The van der Waals surface area contributed by atoms with Gasteiger partial charge in [0.25, 0.3) is 20.1 Å². The Kier molecular flexibility index (Phi) is 5.92. The number of hydrogen-bond acceptors (Lipinski definition) is 6. The van der Waals surface area contributed by atoms with Crippen LogP contribution in [0.25, 0.3) is 0 Å². The maximum absolute atomic E-state index is 12.9. The quantitative estimate of drug-likeness (QED) is 0.531.